The zero-order chi connectivity index (χ0) is 26.3. The van der Waals surface area contributed by atoms with Crippen molar-refractivity contribution in [3.8, 4) is 19.3 Å². The second-order valence-corrected chi connectivity index (χ2v) is 15.3. The zero-order valence-corrected chi connectivity index (χ0v) is 26.1. The molecule has 0 unspecified atom stereocenters. The van der Waals surface area contributed by atoms with Crippen molar-refractivity contribution < 1.29 is 0 Å². The fraction of sp³-hybridized carbons (Fsp3) is 0. The van der Waals surface area contributed by atoms with Crippen LogP contribution in [0.1, 0.15) is 16.0 Å². The molecule has 4 heterocycles. The van der Waals surface area contributed by atoms with Gasteiger partial charge in [0.05, 0.1) is 0 Å². The van der Waals surface area contributed by atoms with Crippen molar-refractivity contribution >= 4 is 67.2 Å². The van der Waals surface area contributed by atoms with Crippen LogP contribution in [-0.2, 0) is 0 Å². The van der Waals surface area contributed by atoms with Gasteiger partial charge in [-0.15, -0.1) is 0 Å². The molecular formula is C35H25S2Se2+. The van der Waals surface area contributed by atoms with Gasteiger partial charge in [0.15, 0.2) is 0 Å². The van der Waals surface area contributed by atoms with Gasteiger partial charge in [-0.05, 0) is 0 Å². The van der Waals surface area contributed by atoms with E-state index in [1.165, 1.54) is 49.8 Å². The topological polar surface area (TPSA) is 0 Å². The van der Waals surface area contributed by atoms with Crippen molar-refractivity contribution in [2.45, 2.75) is 0 Å². The quantitative estimate of drug-likeness (QED) is 0.120. The zero-order valence-electron chi connectivity index (χ0n) is 21.1. The van der Waals surface area contributed by atoms with Crippen LogP contribution in [0.2, 0.25) is 0 Å². The van der Waals surface area contributed by atoms with E-state index in [4.69, 9.17) is 0 Å². The second kappa shape index (κ2) is 12.9. The van der Waals surface area contributed by atoms with Crippen LogP contribution in [0, 0.1) is 0 Å². The number of allylic oxidation sites excluding steroid dienone is 7. The van der Waals surface area contributed by atoms with Gasteiger partial charge in [-0.1, -0.05) is 0 Å². The summed E-state index contributed by atoms with van der Waals surface area (Å²) in [6.07, 6.45) is 15.6. The summed E-state index contributed by atoms with van der Waals surface area (Å²) < 4.78 is 5.74. The molecule has 39 heavy (non-hydrogen) atoms. The van der Waals surface area contributed by atoms with E-state index >= 15 is 0 Å². The summed E-state index contributed by atoms with van der Waals surface area (Å²) in [5.74, 6) is 0. The van der Waals surface area contributed by atoms with Gasteiger partial charge in [-0.2, -0.15) is 0 Å². The Hall–Kier alpha value is -3.07. The van der Waals surface area contributed by atoms with Gasteiger partial charge in [0.2, 0.25) is 0 Å². The first-order valence-corrected chi connectivity index (χ1v) is 17.8. The fourth-order valence-electron chi connectivity index (χ4n) is 4.20. The SMILES string of the molecule is C1=C(c2ccccc2)[Se]C(c2cccs2)=C/C1=C/C=C/C=C/c1cc(-c2ccccc2)[se+]c(-c2cccs2)c1. The molecule has 0 saturated carbocycles. The van der Waals surface area contributed by atoms with Crippen LogP contribution in [0.15, 0.2) is 150 Å². The van der Waals surface area contributed by atoms with Gasteiger partial charge in [0, 0.05) is 0 Å². The summed E-state index contributed by atoms with van der Waals surface area (Å²) >= 11 is 4.24. The average Bonchev–Trinajstić information content (AvgIpc) is 3.73. The van der Waals surface area contributed by atoms with Gasteiger partial charge >= 0.3 is 252 Å². The molecule has 0 N–H and O–H groups in total. The van der Waals surface area contributed by atoms with E-state index < -0.39 is 0 Å². The molecule has 6 rings (SSSR count). The predicted octanol–water partition coefficient (Wildman–Crippen LogP) is 9.78. The van der Waals surface area contributed by atoms with Gasteiger partial charge in [-0.3, -0.25) is 0 Å². The summed E-state index contributed by atoms with van der Waals surface area (Å²) in [7, 11) is 0. The number of benzene rings is 2. The van der Waals surface area contributed by atoms with Gasteiger partial charge in [-0.25, -0.2) is 0 Å². The van der Waals surface area contributed by atoms with Crippen molar-refractivity contribution in [1.29, 1.82) is 0 Å². The maximum absolute atomic E-state index is 2.36. The van der Waals surface area contributed by atoms with Crippen LogP contribution in [0.5, 0.6) is 0 Å². The van der Waals surface area contributed by atoms with Crippen molar-refractivity contribution in [2.24, 2.45) is 0 Å². The molecule has 0 atom stereocenters. The van der Waals surface area contributed by atoms with Gasteiger partial charge < -0.3 is 0 Å². The van der Waals surface area contributed by atoms with Crippen LogP contribution in [-0.4, -0.2) is 29.5 Å². The summed E-state index contributed by atoms with van der Waals surface area (Å²) in [5, 5.41) is 4.34. The molecule has 4 heteroatoms. The first kappa shape index (κ1) is 26.2. The number of hydrogen-bond donors (Lipinski definition) is 0. The normalized spacial score (nSPS) is 14.7. The van der Waals surface area contributed by atoms with Crippen LogP contribution in [0.25, 0.3) is 34.3 Å². The van der Waals surface area contributed by atoms with Crippen LogP contribution in [0.4, 0.5) is 0 Å². The molecule has 1 aliphatic rings. The van der Waals surface area contributed by atoms with E-state index in [0.29, 0.717) is 29.5 Å². The third kappa shape index (κ3) is 6.75. The van der Waals surface area contributed by atoms with E-state index in [-0.39, 0.29) is 0 Å². The molecular weight excluding hydrogens is 642 g/mol. The molecule has 5 aromatic rings. The Labute approximate surface area is 250 Å². The summed E-state index contributed by atoms with van der Waals surface area (Å²) in [5.41, 5.74) is 5.13. The molecule has 0 amide bonds. The molecule has 0 saturated heterocycles. The molecule has 0 nitrogen and oxygen atoms in total. The summed E-state index contributed by atoms with van der Waals surface area (Å²) in [6.45, 7) is 0. The van der Waals surface area contributed by atoms with E-state index in [0.717, 1.165) is 0 Å². The van der Waals surface area contributed by atoms with E-state index in [9.17, 15) is 0 Å². The second-order valence-electron chi connectivity index (χ2n) is 8.84. The number of rotatable bonds is 7. The van der Waals surface area contributed by atoms with E-state index in [1.807, 2.05) is 22.7 Å². The first-order chi connectivity index (χ1) is 19.3. The van der Waals surface area contributed by atoms with E-state index in [1.54, 1.807) is 0 Å². The summed E-state index contributed by atoms with van der Waals surface area (Å²) in [4.78, 5) is 2.74. The molecule has 0 aliphatic carbocycles. The predicted molar refractivity (Wildman–Crippen MR) is 175 cm³/mol. The number of hydrogen-bond acceptors (Lipinski definition) is 2. The number of thiophene rings is 2. The maximum atomic E-state index is 2.36. The molecule has 0 spiro atoms. The summed E-state index contributed by atoms with van der Waals surface area (Å²) in [6, 6.07) is 35.0. The molecule has 2 aromatic carbocycles. The Morgan fingerprint density at radius 2 is 1.26 bits per heavy atom. The minimum absolute atomic E-state index is 0.293. The van der Waals surface area contributed by atoms with Crippen molar-refractivity contribution in [3.05, 3.63) is 166 Å². The third-order valence-electron chi connectivity index (χ3n) is 6.08. The van der Waals surface area contributed by atoms with Crippen molar-refractivity contribution in [1.82, 2.24) is 0 Å². The Balaban J connectivity index is 1.27. The van der Waals surface area contributed by atoms with Crippen LogP contribution in [0.3, 0.4) is 0 Å². The monoisotopic (exact) mass is 669 g/mol. The first-order valence-electron chi connectivity index (χ1n) is 12.6. The molecule has 188 valence electrons. The Morgan fingerprint density at radius 1 is 0.590 bits per heavy atom. The molecule has 3 aromatic heterocycles. The van der Waals surface area contributed by atoms with Gasteiger partial charge in [0.1, 0.15) is 0 Å². The molecule has 0 fully saturated rings. The van der Waals surface area contributed by atoms with Crippen molar-refractivity contribution in [3.63, 3.8) is 0 Å². The third-order valence-corrected chi connectivity index (χ3v) is 13.2. The Bertz CT molecular complexity index is 1690. The Morgan fingerprint density at radius 3 is 1.97 bits per heavy atom. The van der Waals surface area contributed by atoms with Crippen LogP contribution >= 0.6 is 22.7 Å². The molecule has 1 aliphatic heterocycles. The molecule has 0 radical (unpaired) electrons. The average molecular weight is 668 g/mol. The standard InChI is InChI=1S/C35H25S2Se2/c1(4-12-26-22-32(28-14-6-2-7-15-28)38-34(24-26)30-18-10-20-36-30)5-13-27-23-33(29-16-8-3-9-17-29)39-35(25-27)31-19-11-21-37-31/h1-25H/q+1. The Kier molecular flexibility index (Phi) is 8.62. The van der Waals surface area contributed by atoms with E-state index in [2.05, 4.69) is 150 Å². The van der Waals surface area contributed by atoms with Crippen molar-refractivity contribution in [2.75, 3.05) is 0 Å². The van der Waals surface area contributed by atoms with Crippen LogP contribution < -0.4 is 0 Å². The molecule has 0 bridgehead atoms. The fourth-order valence-corrected chi connectivity index (χ4v) is 10.9. The van der Waals surface area contributed by atoms with Gasteiger partial charge in [0.25, 0.3) is 0 Å². The minimum atomic E-state index is 0.293.